The van der Waals surface area contributed by atoms with Crippen LogP contribution in [0.4, 0.5) is 11.5 Å². The number of thiophene rings is 1. The summed E-state index contributed by atoms with van der Waals surface area (Å²) in [5.41, 5.74) is 2.47. The number of para-hydroxylation sites is 1. The lowest BCUT2D eigenvalue weighted by Gasteiger charge is -2.09. The zero-order valence-corrected chi connectivity index (χ0v) is 12.4. The van der Waals surface area contributed by atoms with Gasteiger partial charge in [0.25, 0.3) is 0 Å². The van der Waals surface area contributed by atoms with Crippen molar-refractivity contribution >= 4 is 43.8 Å². The highest BCUT2D eigenvalue weighted by Crippen LogP contribution is 2.34. The topological polar surface area (TPSA) is 48.7 Å². The van der Waals surface area contributed by atoms with E-state index in [-0.39, 0.29) is 0 Å². The van der Waals surface area contributed by atoms with Gasteiger partial charge < -0.3 is 5.32 Å². The van der Waals surface area contributed by atoms with Crippen LogP contribution >= 0.6 is 11.3 Å². The number of nitrogens with zero attached hydrogens (tertiary/aromatic N) is 2. The third kappa shape index (κ3) is 2.09. The number of benzene rings is 2. The zero-order valence-electron chi connectivity index (χ0n) is 11.6. The van der Waals surface area contributed by atoms with Crippen LogP contribution in [0.15, 0.2) is 60.0 Å². The lowest BCUT2D eigenvalue weighted by atomic mass is 10.1. The van der Waals surface area contributed by atoms with Crippen molar-refractivity contribution < 1.29 is 0 Å². The first-order chi connectivity index (χ1) is 10.8. The lowest BCUT2D eigenvalue weighted by molar-refractivity contribution is 1.40. The quantitative estimate of drug-likeness (QED) is 0.562. The Labute approximate surface area is 131 Å². The van der Waals surface area contributed by atoms with Gasteiger partial charge in [0, 0.05) is 21.2 Å². The Morgan fingerprint density at radius 1 is 1.00 bits per heavy atom. The summed E-state index contributed by atoms with van der Waals surface area (Å²) < 4.78 is 1.19. The maximum absolute atomic E-state index is 9.08. The van der Waals surface area contributed by atoms with Gasteiger partial charge in [0.2, 0.25) is 0 Å². The van der Waals surface area contributed by atoms with Crippen molar-refractivity contribution in [1.82, 2.24) is 4.98 Å². The Balaban J connectivity index is 1.96. The fourth-order valence-corrected chi connectivity index (χ4v) is 3.46. The highest BCUT2D eigenvalue weighted by atomic mass is 32.1. The molecule has 3 nitrogen and oxygen atoms in total. The molecule has 1 N–H and O–H groups in total. The number of rotatable bonds is 2. The molecule has 104 valence electrons. The first-order valence-electron chi connectivity index (χ1n) is 6.88. The van der Waals surface area contributed by atoms with E-state index in [9.17, 15) is 0 Å². The summed E-state index contributed by atoms with van der Waals surface area (Å²) in [6.45, 7) is 0. The molecule has 0 aliphatic heterocycles. The molecule has 0 amide bonds. The van der Waals surface area contributed by atoms with Crippen LogP contribution < -0.4 is 5.32 Å². The van der Waals surface area contributed by atoms with Crippen LogP contribution in [0.25, 0.3) is 21.0 Å². The smallest absolute Gasteiger partial charge is 0.139 e. The third-order valence-corrected chi connectivity index (χ3v) is 4.51. The van der Waals surface area contributed by atoms with Crippen molar-refractivity contribution in [2.45, 2.75) is 0 Å². The molecule has 0 spiro atoms. The molecule has 0 aliphatic rings. The predicted octanol–water partition coefficient (Wildman–Crippen LogP) is 5.06. The molecule has 4 heteroatoms. The lowest BCUT2D eigenvalue weighted by Crippen LogP contribution is -1.95. The number of hydrogen-bond acceptors (Lipinski definition) is 4. The first-order valence-corrected chi connectivity index (χ1v) is 7.76. The fourth-order valence-electron chi connectivity index (χ4n) is 2.52. The highest BCUT2D eigenvalue weighted by molar-refractivity contribution is 7.18. The van der Waals surface area contributed by atoms with Crippen LogP contribution in [0, 0.1) is 11.3 Å². The fraction of sp³-hybridized carbons (Fsp3) is 0. The number of nitrogens with one attached hydrogen (secondary N) is 1. The van der Waals surface area contributed by atoms with Crippen LogP contribution in [0.2, 0.25) is 0 Å². The molecule has 0 fully saturated rings. The maximum Gasteiger partial charge on any atom is 0.139 e. The van der Waals surface area contributed by atoms with Gasteiger partial charge in [0.1, 0.15) is 5.82 Å². The number of aromatic nitrogens is 1. The average molecular weight is 301 g/mol. The summed E-state index contributed by atoms with van der Waals surface area (Å²) in [4.78, 5) is 4.72. The third-order valence-electron chi connectivity index (χ3n) is 3.56. The van der Waals surface area contributed by atoms with Gasteiger partial charge in [0.15, 0.2) is 0 Å². The van der Waals surface area contributed by atoms with Gasteiger partial charge in [0.05, 0.1) is 17.1 Å². The van der Waals surface area contributed by atoms with E-state index in [1.54, 1.807) is 11.3 Å². The summed E-state index contributed by atoms with van der Waals surface area (Å²) in [5.74, 6) is 0.824. The van der Waals surface area contributed by atoms with Crippen LogP contribution in [0.5, 0.6) is 0 Å². The number of hydrogen-bond donors (Lipinski definition) is 1. The minimum absolute atomic E-state index is 0.626. The van der Waals surface area contributed by atoms with Crippen molar-refractivity contribution in [3.05, 3.63) is 65.5 Å². The van der Waals surface area contributed by atoms with Crippen molar-refractivity contribution in [2.24, 2.45) is 0 Å². The van der Waals surface area contributed by atoms with Crippen LogP contribution in [-0.4, -0.2) is 4.98 Å². The molecule has 0 saturated carbocycles. The Morgan fingerprint density at radius 2 is 1.86 bits per heavy atom. The van der Waals surface area contributed by atoms with Gasteiger partial charge >= 0.3 is 0 Å². The molecule has 0 atom stereocenters. The van der Waals surface area contributed by atoms with Gasteiger partial charge in [-0.1, -0.05) is 24.3 Å². The van der Waals surface area contributed by atoms with Gasteiger partial charge in [-0.15, -0.1) is 11.3 Å². The second kappa shape index (κ2) is 5.14. The van der Waals surface area contributed by atoms with Crippen LogP contribution in [0.1, 0.15) is 5.56 Å². The molecule has 4 aromatic rings. The molecule has 22 heavy (non-hydrogen) atoms. The van der Waals surface area contributed by atoms with Crippen molar-refractivity contribution in [1.29, 1.82) is 5.26 Å². The molecule has 2 heterocycles. The molecule has 0 unspecified atom stereocenters. The van der Waals surface area contributed by atoms with E-state index in [1.807, 2.05) is 48.5 Å². The molecule has 0 aliphatic carbocycles. The molecule has 0 bridgehead atoms. The molecule has 2 aromatic heterocycles. The van der Waals surface area contributed by atoms with E-state index in [0.29, 0.717) is 5.56 Å². The van der Waals surface area contributed by atoms with Crippen LogP contribution in [-0.2, 0) is 0 Å². The van der Waals surface area contributed by atoms with Crippen molar-refractivity contribution in [3.8, 4) is 6.07 Å². The SMILES string of the molecule is N#Cc1ccc2c(c1)nc(Nc1ccccc1)c1ccsc12. The van der Waals surface area contributed by atoms with Gasteiger partial charge in [-0.25, -0.2) is 4.98 Å². The molecule has 0 radical (unpaired) electrons. The van der Waals surface area contributed by atoms with Gasteiger partial charge in [-0.2, -0.15) is 5.26 Å². The van der Waals surface area contributed by atoms with E-state index in [2.05, 4.69) is 22.8 Å². The average Bonchev–Trinajstić information content (AvgIpc) is 3.05. The minimum atomic E-state index is 0.626. The standard InChI is InChI=1S/C18H11N3S/c19-11-12-6-7-14-16(10-12)21-18(15-8-9-22-17(14)15)20-13-4-2-1-3-5-13/h1-10H,(H,20,21). The Bertz CT molecular complexity index is 1010. The molecule has 2 aromatic carbocycles. The number of anilines is 2. The zero-order chi connectivity index (χ0) is 14.9. The number of nitriles is 1. The van der Waals surface area contributed by atoms with E-state index in [0.717, 1.165) is 27.8 Å². The maximum atomic E-state index is 9.08. The summed E-state index contributed by atoms with van der Waals surface area (Å²) in [6.07, 6.45) is 0. The van der Waals surface area contributed by atoms with E-state index >= 15 is 0 Å². The summed E-state index contributed by atoms with van der Waals surface area (Å²) in [5, 5.41) is 16.7. The Morgan fingerprint density at radius 3 is 2.68 bits per heavy atom. The summed E-state index contributed by atoms with van der Waals surface area (Å²) in [7, 11) is 0. The molecular weight excluding hydrogens is 290 g/mol. The highest BCUT2D eigenvalue weighted by Gasteiger charge is 2.10. The van der Waals surface area contributed by atoms with E-state index in [4.69, 9.17) is 10.2 Å². The second-order valence-corrected chi connectivity index (χ2v) is 5.87. The van der Waals surface area contributed by atoms with Crippen molar-refractivity contribution in [3.63, 3.8) is 0 Å². The van der Waals surface area contributed by atoms with E-state index in [1.165, 1.54) is 4.70 Å². The Hall–Kier alpha value is -2.90. The monoisotopic (exact) mass is 301 g/mol. The molecule has 4 rings (SSSR count). The first kappa shape index (κ1) is 12.8. The molecule has 0 saturated heterocycles. The van der Waals surface area contributed by atoms with E-state index < -0.39 is 0 Å². The van der Waals surface area contributed by atoms with Gasteiger partial charge in [-0.3, -0.25) is 0 Å². The van der Waals surface area contributed by atoms with Gasteiger partial charge in [-0.05, 0) is 35.7 Å². The number of pyridine rings is 1. The predicted molar refractivity (Wildman–Crippen MR) is 91.6 cm³/mol. The summed E-state index contributed by atoms with van der Waals surface area (Å²) >= 11 is 1.69. The second-order valence-electron chi connectivity index (χ2n) is 4.96. The normalized spacial score (nSPS) is 10.7. The van der Waals surface area contributed by atoms with Crippen molar-refractivity contribution in [2.75, 3.05) is 5.32 Å². The largest absolute Gasteiger partial charge is 0.340 e. The number of fused-ring (bicyclic) bond motifs is 3. The Kier molecular flexibility index (Phi) is 2.99. The van der Waals surface area contributed by atoms with Crippen LogP contribution in [0.3, 0.4) is 0 Å². The summed E-state index contributed by atoms with van der Waals surface area (Å²) in [6, 6.07) is 19.9. The molecular formula is C18H11N3S. The minimum Gasteiger partial charge on any atom is -0.340 e.